The van der Waals surface area contributed by atoms with E-state index < -0.39 is 0 Å². The van der Waals surface area contributed by atoms with Crippen LogP contribution in [0.3, 0.4) is 0 Å². The Hall–Kier alpha value is -0.740. The highest BCUT2D eigenvalue weighted by Gasteiger charge is 1.96. The van der Waals surface area contributed by atoms with Gasteiger partial charge in [-0.1, -0.05) is 28.1 Å². The Kier molecular flexibility index (Phi) is 6.32. The van der Waals surface area contributed by atoms with Crippen LogP contribution in [0.15, 0.2) is 33.8 Å². The van der Waals surface area contributed by atoms with E-state index in [1.807, 2.05) is 31.2 Å². The maximum absolute atomic E-state index is 5.70. The lowest BCUT2D eigenvalue weighted by molar-refractivity contribution is 0.782. The molecule has 0 saturated carbocycles. The molecule has 0 radical (unpaired) electrons. The number of nitrogens with one attached hydrogen (secondary N) is 1. The Labute approximate surface area is 98.3 Å². The predicted molar refractivity (Wildman–Crippen MR) is 65.8 cm³/mol. The van der Waals surface area contributed by atoms with Gasteiger partial charge >= 0.3 is 0 Å². The highest BCUT2D eigenvalue weighted by Crippen LogP contribution is 2.09. The molecule has 0 spiro atoms. The fourth-order valence-corrected chi connectivity index (χ4v) is 1.11. The quantitative estimate of drug-likeness (QED) is 0.505. The number of nitrogens with two attached hydrogens (primary N) is 1. The molecule has 5 heteroatoms. The van der Waals surface area contributed by atoms with Gasteiger partial charge in [0, 0.05) is 16.6 Å². The molecule has 0 fully saturated rings. The van der Waals surface area contributed by atoms with E-state index in [-0.39, 0.29) is 12.4 Å². The van der Waals surface area contributed by atoms with Crippen molar-refractivity contribution < 1.29 is 0 Å². The van der Waals surface area contributed by atoms with Gasteiger partial charge in [0.25, 0.3) is 0 Å². The highest BCUT2D eigenvalue weighted by molar-refractivity contribution is 9.10. The summed E-state index contributed by atoms with van der Waals surface area (Å²) in [5.74, 6) is 0.509. The Morgan fingerprint density at radius 3 is 2.50 bits per heavy atom. The normalized spacial score (nSPS) is 10.6. The summed E-state index contributed by atoms with van der Waals surface area (Å²) in [7, 11) is 0. The molecule has 0 aromatic heterocycles. The second-order valence-electron chi connectivity index (χ2n) is 2.52. The average molecular weight is 279 g/mol. The molecule has 0 heterocycles. The van der Waals surface area contributed by atoms with Crippen LogP contribution >= 0.6 is 28.3 Å². The first-order valence-corrected chi connectivity index (χ1v) is 4.85. The Bertz CT molecular complexity index is 297. The van der Waals surface area contributed by atoms with E-state index in [4.69, 9.17) is 5.73 Å². The summed E-state index contributed by atoms with van der Waals surface area (Å²) in [5, 5.41) is 3.97. The number of rotatable bonds is 3. The lowest BCUT2D eigenvalue weighted by Gasteiger charge is -2.00. The van der Waals surface area contributed by atoms with Gasteiger partial charge in [-0.25, -0.2) is 0 Å². The molecule has 78 valence electrons. The number of hydrazone groups is 1. The van der Waals surface area contributed by atoms with Crippen molar-refractivity contribution in [3.05, 3.63) is 34.3 Å². The van der Waals surface area contributed by atoms with Gasteiger partial charge in [0.2, 0.25) is 0 Å². The van der Waals surface area contributed by atoms with Crippen molar-refractivity contribution in [3.63, 3.8) is 0 Å². The molecule has 0 amide bonds. The van der Waals surface area contributed by atoms with Gasteiger partial charge < -0.3 is 11.2 Å². The van der Waals surface area contributed by atoms with Crippen LogP contribution in [0.25, 0.3) is 0 Å². The molecule has 0 aliphatic heterocycles. The van der Waals surface area contributed by atoms with Crippen LogP contribution in [-0.2, 0) is 0 Å². The first-order chi connectivity index (χ1) is 6.24. The minimum absolute atomic E-state index is 0. The maximum Gasteiger partial charge on any atom is 0.150 e. The molecule has 1 aromatic carbocycles. The lowest BCUT2D eigenvalue weighted by atomic mass is 10.2. The Morgan fingerprint density at radius 2 is 2.00 bits per heavy atom. The van der Waals surface area contributed by atoms with E-state index in [0.29, 0.717) is 5.84 Å². The van der Waals surface area contributed by atoms with E-state index in [2.05, 4.69) is 26.5 Å². The highest BCUT2D eigenvalue weighted by atomic mass is 79.9. The molecule has 3 nitrogen and oxygen atoms in total. The van der Waals surface area contributed by atoms with Gasteiger partial charge in [0.05, 0.1) is 0 Å². The van der Waals surface area contributed by atoms with Crippen molar-refractivity contribution >= 4 is 34.2 Å². The van der Waals surface area contributed by atoms with Crippen LogP contribution in [0.2, 0.25) is 0 Å². The smallest absolute Gasteiger partial charge is 0.150 e. The summed E-state index contributed by atoms with van der Waals surface area (Å²) < 4.78 is 1.03. The summed E-state index contributed by atoms with van der Waals surface area (Å²) in [5.41, 5.74) is 9.44. The van der Waals surface area contributed by atoms with Crippen LogP contribution < -0.4 is 11.2 Å². The molecule has 14 heavy (non-hydrogen) atoms. The molecule has 1 aromatic rings. The minimum atomic E-state index is 0. The van der Waals surface area contributed by atoms with Gasteiger partial charge in [0.1, 0.15) is 0 Å². The predicted octanol–water partition coefficient (Wildman–Crippen LogP) is 2.10. The zero-order valence-corrected chi connectivity index (χ0v) is 10.2. The largest absolute Gasteiger partial charge is 0.382 e. The maximum atomic E-state index is 5.70. The first-order valence-electron chi connectivity index (χ1n) is 4.06. The van der Waals surface area contributed by atoms with Crippen molar-refractivity contribution in [1.82, 2.24) is 5.43 Å². The molecular weight excluding hydrogens is 265 g/mol. The van der Waals surface area contributed by atoms with Crippen LogP contribution in [0.1, 0.15) is 12.5 Å². The summed E-state index contributed by atoms with van der Waals surface area (Å²) in [4.78, 5) is 0. The summed E-state index contributed by atoms with van der Waals surface area (Å²) in [6, 6.07) is 7.70. The van der Waals surface area contributed by atoms with Crippen molar-refractivity contribution in [2.45, 2.75) is 6.92 Å². The van der Waals surface area contributed by atoms with Gasteiger partial charge in [-0.3, -0.25) is 0 Å². The van der Waals surface area contributed by atoms with Crippen molar-refractivity contribution in [2.75, 3.05) is 6.54 Å². The van der Waals surface area contributed by atoms with E-state index in [1.165, 1.54) is 0 Å². The van der Waals surface area contributed by atoms with E-state index in [1.54, 1.807) is 0 Å². The number of halogens is 2. The number of benzene rings is 1. The number of amidine groups is 1. The minimum Gasteiger partial charge on any atom is -0.382 e. The van der Waals surface area contributed by atoms with Gasteiger partial charge in [0.15, 0.2) is 5.84 Å². The van der Waals surface area contributed by atoms with Gasteiger partial charge in [-0.2, -0.15) is 5.10 Å². The van der Waals surface area contributed by atoms with E-state index >= 15 is 0 Å². The Balaban J connectivity index is 0.00000169. The summed E-state index contributed by atoms with van der Waals surface area (Å²) >= 11 is 3.35. The lowest BCUT2D eigenvalue weighted by Crippen LogP contribution is -2.18. The van der Waals surface area contributed by atoms with Gasteiger partial charge in [-0.05, 0) is 19.1 Å². The van der Waals surface area contributed by atoms with Crippen LogP contribution in [0.5, 0.6) is 0 Å². The number of hydrogen-bond acceptors (Lipinski definition) is 2. The number of hydrogen-bond donors (Lipinski definition) is 2. The zero-order valence-electron chi connectivity index (χ0n) is 7.83. The average Bonchev–Trinajstić information content (AvgIpc) is 2.15. The fraction of sp³-hybridized carbons (Fsp3) is 0.222. The third-order valence-electron chi connectivity index (χ3n) is 1.50. The zero-order chi connectivity index (χ0) is 9.68. The van der Waals surface area contributed by atoms with Crippen LogP contribution in [-0.4, -0.2) is 12.4 Å². The topological polar surface area (TPSA) is 50.4 Å². The Morgan fingerprint density at radius 1 is 1.43 bits per heavy atom. The monoisotopic (exact) mass is 277 g/mol. The standard InChI is InChI=1S/C9H12BrN3.ClH/c1-2-12-13-9(11)7-3-5-8(10)6-4-7;/h3-6,12H,2H2,1H3,(H2,11,13);1H. The van der Waals surface area contributed by atoms with Crippen LogP contribution in [0, 0.1) is 0 Å². The second kappa shape index (κ2) is 6.68. The molecule has 0 aliphatic carbocycles. The molecule has 1 rings (SSSR count). The summed E-state index contributed by atoms with van der Waals surface area (Å²) in [6.07, 6.45) is 0. The van der Waals surface area contributed by atoms with Crippen molar-refractivity contribution in [2.24, 2.45) is 10.8 Å². The van der Waals surface area contributed by atoms with Gasteiger partial charge in [-0.15, -0.1) is 12.4 Å². The molecule has 0 bridgehead atoms. The van der Waals surface area contributed by atoms with Crippen molar-refractivity contribution in [3.8, 4) is 0 Å². The third-order valence-corrected chi connectivity index (χ3v) is 2.03. The van der Waals surface area contributed by atoms with E-state index in [0.717, 1.165) is 16.6 Å². The fourth-order valence-electron chi connectivity index (χ4n) is 0.849. The third kappa shape index (κ3) is 3.98. The SMILES string of the molecule is CCNN=C(N)c1ccc(Br)cc1.Cl. The second-order valence-corrected chi connectivity index (χ2v) is 3.43. The number of nitrogens with zero attached hydrogens (tertiary/aromatic N) is 1. The molecule has 0 aliphatic rings. The molecule has 0 saturated heterocycles. The molecular formula is C9H13BrClN3. The molecule has 0 unspecified atom stereocenters. The van der Waals surface area contributed by atoms with Crippen LogP contribution in [0.4, 0.5) is 0 Å². The van der Waals surface area contributed by atoms with E-state index in [9.17, 15) is 0 Å². The van der Waals surface area contributed by atoms with Crippen molar-refractivity contribution in [1.29, 1.82) is 0 Å². The molecule has 3 N–H and O–H groups in total. The summed E-state index contributed by atoms with van der Waals surface area (Å²) in [6.45, 7) is 2.75. The first kappa shape index (κ1) is 13.3. The molecule has 0 atom stereocenters.